The van der Waals surface area contributed by atoms with Crippen LogP contribution in [-0.4, -0.2) is 45.0 Å². The first-order valence-electron chi connectivity index (χ1n) is 9.86. The summed E-state index contributed by atoms with van der Waals surface area (Å²) in [5.74, 6) is -1.47. The number of carboxylic acids is 1. The summed E-state index contributed by atoms with van der Waals surface area (Å²) in [5.41, 5.74) is 2.32. The second-order valence-corrected chi connectivity index (χ2v) is 8.15. The molecule has 1 amide bonds. The average Bonchev–Trinajstić information content (AvgIpc) is 3.24. The average molecular weight is 472 g/mol. The number of ether oxygens (including phenoxy) is 1. The standard InChI is InChI=1S/C23H19Cl2N3O4/c1-32-23-26-11-14(12-27-23)15-7-6-13(10-18(15)25)21(29)28-19(8-9-20(28)22(30)31)16-4-2-3-5-17(16)24/h2-7,10-12,19-20H,8-9H2,1H3,(H,30,31)/t19-,20+/m1/s1. The molecule has 164 valence electrons. The largest absolute Gasteiger partial charge is 0.480 e. The Bertz CT molecular complexity index is 1170. The Hall–Kier alpha value is -3.16. The molecule has 0 radical (unpaired) electrons. The van der Waals surface area contributed by atoms with Gasteiger partial charge >= 0.3 is 12.0 Å². The number of likely N-dealkylation sites (tertiary alicyclic amines) is 1. The molecule has 1 aromatic heterocycles. The van der Waals surface area contributed by atoms with Gasteiger partial charge < -0.3 is 14.7 Å². The normalized spacial score (nSPS) is 17.9. The summed E-state index contributed by atoms with van der Waals surface area (Å²) in [6, 6.07) is 10.9. The molecule has 2 aromatic carbocycles. The molecular weight excluding hydrogens is 453 g/mol. The lowest BCUT2D eigenvalue weighted by Gasteiger charge is -2.29. The molecule has 4 rings (SSSR count). The number of amides is 1. The van der Waals surface area contributed by atoms with E-state index in [1.165, 1.54) is 18.1 Å². The molecule has 2 heterocycles. The van der Waals surface area contributed by atoms with Gasteiger partial charge in [-0.15, -0.1) is 0 Å². The van der Waals surface area contributed by atoms with Crippen LogP contribution in [0.3, 0.4) is 0 Å². The van der Waals surface area contributed by atoms with Crippen molar-refractivity contribution in [2.75, 3.05) is 7.11 Å². The van der Waals surface area contributed by atoms with E-state index in [9.17, 15) is 14.7 Å². The molecule has 0 saturated carbocycles. The van der Waals surface area contributed by atoms with Gasteiger partial charge in [0.15, 0.2) is 0 Å². The van der Waals surface area contributed by atoms with Crippen LogP contribution in [-0.2, 0) is 4.79 Å². The highest BCUT2D eigenvalue weighted by molar-refractivity contribution is 6.33. The van der Waals surface area contributed by atoms with Gasteiger partial charge in [-0.1, -0.05) is 47.5 Å². The predicted molar refractivity (Wildman–Crippen MR) is 120 cm³/mol. The lowest BCUT2D eigenvalue weighted by atomic mass is 10.0. The van der Waals surface area contributed by atoms with E-state index < -0.39 is 24.0 Å². The summed E-state index contributed by atoms with van der Waals surface area (Å²) in [5, 5.41) is 10.5. The molecular formula is C23H19Cl2N3O4. The molecule has 1 saturated heterocycles. The Balaban J connectivity index is 1.68. The number of aromatic nitrogens is 2. The Morgan fingerprint density at radius 1 is 1.06 bits per heavy atom. The highest BCUT2D eigenvalue weighted by atomic mass is 35.5. The summed E-state index contributed by atoms with van der Waals surface area (Å²) in [6.07, 6.45) is 3.99. The summed E-state index contributed by atoms with van der Waals surface area (Å²) in [4.78, 5) is 34.9. The minimum absolute atomic E-state index is 0.232. The van der Waals surface area contributed by atoms with Gasteiger partial charge in [0.1, 0.15) is 6.04 Å². The van der Waals surface area contributed by atoms with Crippen molar-refractivity contribution in [2.45, 2.75) is 24.9 Å². The predicted octanol–water partition coefficient (Wildman–Crippen LogP) is 4.89. The zero-order chi connectivity index (χ0) is 22.8. The van der Waals surface area contributed by atoms with E-state index in [2.05, 4.69) is 9.97 Å². The monoisotopic (exact) mass is 471 g/mol. The third kappa shape index (κ3) is 4.13. The van der Waals surface area contributed by atoms with Crippen molar-refractivity contribution in [1.82, 2.24) is 14.9 Å². The van der Waals surface area contributed by atoms with Crippen molar-refractivity contribution in [1.29, 1.82) is 0 Å². The SMILES string of the molecule is COc1ncc(-c2ccc(C(=O)N3[C@@H](c4ccccc4Cl)CC[C@H]3C(=O)O)cc2Cl)cn1. The Labute approximate surface area is 194 Å². The van der Waals surface area contributed by atoms with Gasteiger partial charge in [-0.3, -0.25) is 4.79 Å². The van der Waals surface area contributed by atoms with Crippen LogP contribution in [0.2, 0.25) is 10.0 Å². The number of carboxylic acid groups (broad SMARTS) is 1. The molecule has 3 aromatic rings. The van der Waals surface area contributed by atoms with Crippen LogP contribution in [0.4, 0.5) is 0 Å². The third-order valence-electron chi connectivity index (χ3n) is 5.51. The van der Waals surface area contributed by atoms with Crippen LogP contribution >= 0.6 is 23.2 Å². The summed E-state index contributed by atoms with van der Waals surface area (Å²) >= 11 is 12.8. The molecule has 0 unspecified atom stereocenters. The van der Waals surface area contributed by atoms with E-state index in [4.69, 9.17) is 27.9 Å². The van der Waals surface area contributed by atoms with Crippen LogP contribution in [0.25, 0.3) is 11.1 Å². The number of halogens is 2. The highest BCUT2D eigenvalue weighted by Crippen LogP contribution is 2.40. The quantitative estimate of drug-likeness (QED) is 0.569. The van der Waals surface area contributed by atoms with E-state index in [-0.39, 0.29) is 6.01 Å². The number of nitrogens with zero attached hydrogens (tertiary/aromatic N) is 3. The number of aliphatic carboxylic acids is 1. The van der Waals surface area contributed by atoms with E-state index >= 15 is 0 Å². The lowest BCUT2D eigenvalue weighted by molar-refractivity contribution is -0.141. The second kappa shape index (κ2) is 9.14. The van der Waals surface area contributed by atoms with E-state index in [0.29, 0.717) is 39.6 Å². The van der Waals surface area contributed by atoms with Crippen LogP contribution in [0.1, 0.15) is 34.8 Å². The molecule has 0 aliphatic carbocycles. The van der Waals surface area contributed by atoms with Crippen molar-refractivity contribution < 1.29 is 19.4 Å². The van der Waals surface area contributed by atoms with E-state index in [1.807, 2.05) is 12.1 Å². The van der Waals surface area contributed by atoms with Crippen LogP contribution in [0, 0.1) is 0 Å². The fourth-order valence-electron chi connectivity index (χ4n) is 3.98. The molecule has 1 N–H and O–H groups in total. The number of methoxy groups -OCH3 is 1. The number of hydrogen-bond donors (Lipinski definition) is 1. The number of carbonyl (C=O) groups is 2. The molecule has 32 heavy (non-hydrogen) atoms. The van der Waals surface area contributed by atoms with Gasteiger partial charge in [0.05, 0.1) is 13.2 Å². The van der Waals surface area contributed by atoms with Gasteiger partial charge in [0, 0.05) is 39.1 Å². The zero-order valence-electron chi connectivity index (χ0n) is 17.0. The number of rotatable bonds is 5. The fourth-order valence-corrected chi connectivity index (χ4v) is 4.53. The zero-order valence-corrected chi connectivity index (χ0v) is 18.5. The number of benzene rings is 2. The van der Waals surface area contributed by atoms with Crippen molar-refractivity contribution in [3.05, 3.63) is 76.0 Å². The molecule has 0 spiro atoms. The van der Waals surface area contributed by atoms with Gasteiger partial charge in [-0.05, 0) is 36.6 Å². The van der Waals surface area contributed by atoms with E-state index in [1.54, 1.807) is 36.7 Å². The molecule has 9 heteroatoms. The molecule has 0 bridgehead atoms. The minimum atomic E-state index is -1.05. The van der Waals surface area contributed by atoms with Crippen LogP contribution < -0.4 is 4.74 Å². The van der Waals surface area contributed by atoms with Crippen LogP contribution in [0.5, 0.6) is 6.01 Å². The van der Waals surface area contributed by atoms with E-state index in [0.717, 1.165) is 5.56 Å². The Morgan fingerprint density at radius 3 is 2.41 bits per heavy atom. The van der Waals surface area contributed by atoms with Crippen molar-refractivity contribution in [3.63, 3.8) is 0 Å². The molecule has 2 atom stereocenters. The van der Waals surface area contributed by atoms with Crippen molar-refractivity contribution >= 4 is 35.1 Å². The van der Waals surface area contributed by atoms with Gasteiger partial charge in [-0.25, -0.2) is 14.8 Å². The topological polar surface area (TPSA) is 92.6 Å². The maximum absolute atomic E-state index is 13.5. The summed E-state index contributed by atoms with van der Waals surface area (Å²) in [6.45, 7) is 0. The third-order valence-corrected chi connectivity index (χ3v) is 6.16. The second-order valence-electron chi connectivity index (χ2n) is 7.33. The van der Waals surface area contributed by atoms with Gasteiger partial charge in [-0.2, -0.15) is 0 Å². The summed E-state index contributed by atoms with van der Waals surface area (Å²) in [7, 11) is 1.47. The Morgan fingerprint density at radius 2 is 1.78 bits per heavy atom. The first kappa shape index (κ1) is 22.0. The van der Waals surface area contributed by atoms with Gasteiger partial charge in [0.25, 0.3) is 5.91 Å². The van der Waals surface area contributed by atoms with Gasteiger partial charge in [0.2, 0.25) is 0 Å². The molecule has 1 fully saturated rings. The maximum Gasteiger partial charge on any atom is 0.326 e. The summed E-state index contributed by atoms with van der Waals surface area (Å²) < 4.78 is 4.96. The molecule has 1 aliphatic rings. The first-order valence-corrected chi connectivity index (χ1v) is 10.6. The Kier molecular flexibility index (Phi) is 6.30. The lowest BCUT2D eigenvalue weighted by Crippen LogP contribution is -2.41. The maximum atomic E-state index is 13.5. The molecule has 1 aliphatic heterocycles. The van der Waals surface area contributed by atoms with Crippen molar-refractivity contribution in [2.24, 2.45) is 0 Å². The smallest absolute Gasteiger partial charge is 0.326 e. The fraction of sp³-hybridized carbons (Fsp3) is 0.217. The number of hydrogen-bond acceptors (Lipinski definition) is 5. The number of carbonyl (C=O) groups excluding carboxylic acids is 1. The van der Waals surface area contributed by atoms with Crippen LogP contribution in [0.15, 0.2) is 54.9 Å². The first-order chi connectivity index (χ1) is 15.4. The molecule has 7 nitrogen and oxygen atoms in total. The minimum Gasteiger partial charge on any atom is -0.480 e. The van der Waals surface area contributed by atoms with Crippen molar-refractivity contribution in [3.8, 4) is 17.1 Å². The highest BCUT2D eigenvalue weighted by Gasteiger charge is 2.42.